The number of allylic oxidation sites excluding steroid dienone is 2. The second kappa shape index (κ2) is 8.26. The zero-order chi connectivity index (χ0) is 17.7. The van der Waals surface area contributed by atoms with Crippen molar-refractivity contribution in [3.8, 4) is 0 Å². The molecule has 0 aliphatic carbocycles. The van der Waals surface area contributed by atoms with Crippen LogP contribution in [0.1, 0.15) is 72.0 Å². The molecular formula is C19H34N4O. The lowest BCUT2D eigenvalue weighted by molar-refractivity contribution is 0.0736. The molecular weight excluding hydrogens is 300 g/mol. The Labute approximate surface area is 146 Å². The van der Waals surface area contributed by atoms with Gasteiger partial charge in [0.25, 0.3) is 0 Å². The van der Waals surface area contributed by atoms with Crippen LogP contribution in [0.2, 0.25) is 0 Å². The Morgan fingerprint density at radius 1 is 1.38 bits per heavy atom. The third-order valence-corrected chi connectivity index (χ3v) is 4.85. The van der Waals surface area contributed by atoms with Gasteiger partial charge >= 0.3 is 0 Å². The van der Waals surface area contributed by atoms with Crippen molar-refractivity contribution in [2.75, 3.05) is 19.6 Å². The zero-order valence-electron chi connectivity index (χ0n) is 16.0. The molecule has 0 radical (unpaired) electrons. The highest BCUT2D eigenvalue weighted by atomic mass is 16.3. The number of hydrogen-bond acceptors (Lipinski definition) is 4. The average molecular weight is 335 g/mol. The normalized spacial score (nSPS) is 18.6. The Morgan fingerprint density at radius 2 is 2.04 bits per heavy atom. The van der Waals surface area contributed by atoms with E-state index in [2.05, 4.69) is 42.1 Å². The molecule has 1 atom stereocenters. The molecule has 2 heterocycles. The summed E-state index contributed by atoms with van der Waals surface area (Å²) in [6, 6.07) is 0.408. The Balaban J connectivity index is 1.77. The van der Waals surface area contributed by atoms with E-state index in [1.807, 2.05) is 10.9 Å². The molecule has 1 aromatic rings. The monoisotopic (exact) mass is 334 g/mol. The minimum absolute atomic E-state index is 0.408. The van der Waals surface area contributed by atoms with Gasteiger partial charge in [0.15, 0.2) is 0 Å². The van der Waals surface area contributed by atoms with Gasteiger partial charge < -0.3 is 10.0 Å². The maximum Gasteiger partial charge on any atom is 0.114 e. The Bertz CT molecular complexity index is 532. The molecule has 1 aliphatic heterocycles. The Morgan fingerprint density at radius 3 is 2.58 bits per heavy atom. The molecule has 5 heteroatoms. The van der Waals surface area contributed by atoms with E-state index in [1.54, 1.807) is 13.8 Å². The van der Waals surface area contributed by atoms with Gasteiger partial charge in [-0.2, -0.15) is 0 Å². The molecule has 5 nitrogen and oxygen atoms in total. The van der Waals surface area contributed by atoms with E-state index < -0.39 is 5.60 Å². The van der Waals surface area contributed by atoms with Crippen LogP contribution in [0.5, 0.6) is 0 Å². The summed E-state index contributed by atoms with van der Waals surface area (Å²) in [6.07, 6.45) is 8.92. The predicted molar refractivity (Wildman–Crippen MR) is 97.8 cm³/mol. The van der Waals surface area contributed by atoms with Gasteiger partial charge in [0, 0.05) is 19.6 Å². The van der Waals surface area contributed by atoms with E-state index in [0.29, 0.717) is 11.7 Å². The van der Waals surface area contributed by atoms with E-state index in [4.69, 9.17) is 0 Å². The van der Waals surface area contributed by atoms with Crippen molar-refractivity contribution in [3.05, 3.63) is 23.5 Å². The van der Waals surface area contributed by atoms with Gasteiger partial charge in [-0.15, -0.1) is 5.10 Å². The Kier molecular flexibility index (Phi) is 6.58. The van der Waals surface area contributed by atoms with E-state index in [-0.39, 0.29) is 0 Å². The number of piperidine rings is 1. The summed E-state index contributed by atoms with van der Waals surface area (Å²) in [5, 5.41) is 18.4. The summed E-state index contributed by atoms with van der Waals surface area (Å²) in [5.74, 6) is 0.741. The highest BCUT2D eigenvalue weighted by molar-refractivity contribution is 5.03. The lowest BCUT2D eigenvalue weighted by Crippen LogP contribution is -2.37. The number of likely N-dealkylation sites (tertiary alicyclic amines) is 1. The van der Waals surface area contributed by atoms with Gasteiger partial charge in [-0.3, -0.25) is 0 Å². The van der Waals surface area contributed by atoms with Crippen LogP contribution in [0, 0.1) is 5.92 Å². The molecule has 1 N–H and O–H groups in total. The molecule has 0 bridgehead atoms. The summed E-state index contributed by atoms with van der Waals surface area (Å²) in [6.45, 7) is 13.6. The number of aromatic nitrogens is 3. The highest BCUT2D eigenvalue weighted by Crippen LogP contribution is 2.25. The number of aliphatic hydroxyl groups is 1. The average Bonchev–Trinajstić information content (AvgIpc) is 2.97. The van der Waals surface area contributed by atoms with Crippen molar-refractivity contribution in [2.45, 2.75) is 71.9 Å². The van der Waals surface area contributed by atoms with Crippen LogP contribution in [0.25, 0.3) is 0 Å². The molecule has 0 saturated carbocycles. The van der Waals surface area contributed by atoms with Gasteiger partial charge in [-0.25, -0.2) is 4.68 Å². The van der Waals surface area contributed by atoms with Crippen LogP contribution in [-0.4, -0.2) is 44.6 Å². The van der Waals surface area contributed by atoms with Gasteiger partial charge in [0.05, 0.1) is 12.2 Å². The van der Waals surface area contributed by atoms with Gasteiger partial charge in [0.2, 0.25) is 0 Å². The summed E-state index contributed by atoms with van der Waals surface area (Å²) >= 11 is 0. The molecule has 1 fully saturated rings. The molecule has 136 valence electrons. The summed E-state index contributed by atoms with van der Waals surface area (Å²) < 4.78 is 1.95. The maximum absolute atomic E-state index is 10.0. The summed E-state index contributed by atoms with van der Waals surface area (Å²) in [4.78, 5) is 2.58. The van der Waals surface area contributed by atoms with Crippen LogP contribution >= 0.6 is 0 Å². The molecule has 0 aromatic carbocycles. The second-order valence-corrected chi connectivity index (χ2v) is 8.14. The standard InChI is InChI=1S/C19H34N4O/c1-15(2)7-6-8-16(3)13-22-11-9-17(10-12-22)23-14-18(20-21-23)19(4,5)24/h7,14,16-17,24H,6,8-13H2,1-5H3/t16-/m0/s1. The predicted octanol–water partition coefficient (Wildman–Crippen LogP) is 3.52. The third kappa shape index (κ3) is 5.71. The molecule has 0 amide bonds. The molecule has 0 unspecified atom stereocenters. The number of rotatable bonds is 7. The van der Waals surface area contributed by atoms with Crippen LogP contribution in [0.15, 0.2) is 17.8 Å². The van der Waals surface area contributed by atoms with Crippen molar-refractivity contribution < 1.29 is 5.11 Å². The second-order valence-electron chi connectivity index (χ2n) is 8.14. The fraction of sp³-hybridized carbons (Fsp3) is 0.789. The van der Waals surface area contributed by atoms with E-state index in [1.165, 1.54) is 25.0 Å². The first-order valence-corrected chi connectivity index (χ1v) is 9.26. The van der Waals surface area contributed by atoms with Crippen molar-refractivity contribution in [1.82, 2.24) is 19.9 Å². The first kappa shape index (κ1) is 19.1. The maximum atomic E-state index is 10.0. The molecule has 2 rings (SSSR count). The summed E-state index contributed by atoms with van der Waals surface area (Å²) in [7, 11) is 0. The molecule has 1 aliphatic rings. The minimum atomic E-state index is -0.917. The third-order valence-electron chi connectivity index (χ3n) is 4.85. The minimum Gasteiger partial charge on any atom is -0.384 e. The SMILES string of the molecule is CC(C)=CCC[C@H](C)CN1CCC(n2cc(C(C)(C)O)nn2)CC1. The lowest BCUT2D eigenvalue weighted by Gasteiger charge is -2.33. The largest absolute Gasteiger partial charge is 0.384 e. The smallest absolute Gasteiger partial charge is 0.114 e. The highest BCUT2D eigenvalue weighted by Gasteiger charge is 2.25. The first-order chi connectivity index (χ1) is 11.3. The first-order valence-electron chi connectivity index (χ1n) is 9.26. The number of hydrogen-bond donors (Lipinski definition) is 1. The quantitative estimate of drug-likeness (QED) is 0.775. The van der Waals surface area contributed by atoms with Crippen LogP contribution < -0.4 is 0 Å². The number of nitrogens with zero attached hydrogens (tertiary/aromatic N) is 4. The summed E-state index contributed by atoms with van der Waals surface area (Å²) in [5.41, 5.74) is 1.15. The van der Waals surface area contributed by atoms with Gasteiger partial charge in [-0.05, 0) is 59.3 Å². The Hall–Kier alpha value is -1.20. The molecule has 1 aromatic heterocycles. The van der Waals surface area contributed by atoms with E-state index >= 15 is 0 Å². The van der Waals surface area contributed by atoms with Crippen molar-refractivity contribution in [3.63, 3.8) is 0 Å². The molecule has 0 spiro atoms. The lowest BCUT2D eigenvalue weighted by atomic mass is 10.0. The van der Waals surface area contributed by atoms with Crippen molar-refractivity contribution in [1.29, 1.82) is 0 Å². The van der Waals surface area contributed by atoms with E-state index in [0.717, 1.165) is 31.8 Å². The zero-order valence-corrected chi connectivity index (χ0v) is 16.0. The van der Waals surface area contributed by atoms with Gasteiger partial charge in [-0.1, -0.05) is 23.8 Å². The van der Waals surface area contributed by atoms with Crippen molar-refractivity contribution in [2.24, 2.45) is 5.92 Å². The topological polar surface area (TPSA) is 54.2 Å². The van der Waals surface area contributed by atoms with E-state index in [9.17, 15) is 5.11 Å². The molecule has 24 heavy (non-hydrogen) atoms. The van der Waals surface area contributed by atoms with Crippen LogP contribution in [-0.2, 0) is 5.60 Å². The van der Waals surface area contributed by atoms with Crippen molar-refractivity contribution >= 4 is 0 Å². The molecule has 1 saturated heterocycles. The van der Waals surface area contributed by atoms with Crippen LogP contribution in [0.3, 0.4) is 0 Å². The van der Waals surface area contributed by atoms with Crippen LogP contribution in [0.4, 0.5) is 0 Å². The van der Waals surface area contributed by atoms with Gasteiger partial charge in [0.1, 0.15) is 11.3 Å². The fourth-order valence-electron chi connectivity index (χ4n) is 3.29. The fourth-order valence-corrected chi connectivity index (χ4v) is 3.29.